The van der Waals surface area contributed by atoms with Crippen molar-refractivity contribution in [3.05, 3.63) is 36.0 Å². The summed E-state index contributed by atoms with van der Waals surface area (Å²) in [5, 5.41) is 14.0. The third kappa shape index (κ3) is 3.83. The Morgan fingerprint density at radius 1 is 1.31 bits per heavy atom. The lowest BCUT2D eigenvalue weighted by Crippen LogP contribution is -2.52. The summed E-state index contributed by atoms with van der Waals surface area (Å²) >= 11 is 0. The van der Waals surface area contributed by atoms with Crippen LogP contribution in [0.5, 0.6) is 0 Å². The van der Waals surface area contributed by atoms with E-state index in [1.165, 1.54) is 12.8 Å². The second-order valence-electron chi connectivity index (χ2n) is 7.76. The van der Waals surface area contributed by atoms with E-state index in [0.717, 1.165) is 54.0 Å². The molecule has 5 heteroatoms. The number of hydrogen-bond donors (Lipinski definition) is 2. The highest BCUT2D eigenvalue weighted by atomic mass is 16.4. The molecule has 2 N–H and O–H groups in total. The van der Waals surface area contributed by atoms with Crippen molar-refractivity contribution in [2.75, 3.05) is 18.4 Å². The zero-order valence-corrected chi connectivity index (χ0v) is 15.3. The van der Waals surface area contributed by atoms with E-state index in [2.05, 4.69) is 41.4 Å². The standard InChI is InChI=1S/C21H27N3O2/c1-2-15-11-20(18-5-3-4-6-19(18)22-15)23-16-9-17(10-16)24(13-21(25)26)12-14-7-8-14/h3-6,11,14,16-17H,2,7-10,12-13H2,1H3,(H,22,23)(H,25,26). The molecule has 0 saturated heterocycles. The van der Waals surface area contributed by atoms with Gasteiger partial charge < -0.3 is 10.4 Å². The first kappa shape index (κ1) is 17.3. The topological polar surface area (TPSA) is 65.5 Å². The molecular formula is C21H27N3O2. The number of para-hydroxylation sites is 1. The summed E-state index contributed by atoms with van der Waals surface area (Å²) in [6, 6.07) is 11.2. The Bertz CT molecular complexity index is 797. The number of aromatic nitrogens is 1. The quantitative estimate of drug-likeness (QED) is 0.760. The first-order valence-corrected chi connectivity index (χ1v) is 9.73. The van der Waals surface area contributed by atoms with Gasteiger partial charge in [-0.15, -0.1) is 0 Å². The first-order chi connectivity index (χ1) is 12.6. The second kappa shape index (κ2) is 7.23. The lowest BCUT2D eigenvalue weighted by atomic mass is 9.85. The summed E-state index contributed by atoms with van der Waals surface area (Å²) < 4.78 is 0. The van der Waals surface area contributed by atoms with Crippen LogP contribution in [0.1, 0.15) is 38.3 Å². The summed E-state index contributed by atoms with van der Waals surface area (Å²) in [5.74, 6) is 0.00684. The van der Waals surface area contributed by atoms with Crippen LogP contribution in [0.3, 0.4) is 0 Å². The summed E-state index contributed by atoms with van der Waals surface area (Å²) in [4.78, 5) is 18.1. The molecule has 2 saturated carbocycles. The van der Waals surface area contributed by atoms with E-state index in [4.69, 9.17) is 4.98 Å². The fourth-order valence-electron chi connectivity index (χ4n) is 3.90. The van der Waals surface area contributed by atoms with Gasteiger partial charge in [-0.2, -0.15) is 0 Å². The van der Waals surface area contributed by atoms with Gasteiger partial charge in [0, 0.05) is 35.4 Å². The first-order valence-electron chi connectivity index (χ1n) is 9.73. The summed E-state index contributed by atoms with van der Waals surface area (Å²) in [7, 11) is 0. The number of benzene rings is 1. The zero-order chi connectivity index (χ0) is 18.1. The van der Waals surface area contributed by atoms with Crippen molar-refractivity contribution in [3.8, 4) is 0 Å². The van der Waals surface area contributed by atoms with Gasteiger partial charge >= 0.3 is 5.97 Å². The minimum absolute atomic E-state index is 0.173. The van der Waals surface area contributed by atoms with Gasteiger partial charge in [-0.1, -0.05) is 25.1 Å². The molecule has 2 fully saturated rings. The van der Waals surface area contributed by atoms with Gasteiger partial charge in [-0.3, -0.25) is 14.7 Å². The lowest BCUT2D eigenvalue weighted by Gasteiger charge is -2.43. The van der Waals surface area contributed by atoms with Crippen molar-refractivity contribution in [1.82, 2.24) is 9.88 Å². The number of nitrogens with one attached hydrogen (secondary N) is 1. The maximum atomic E-state index is 11.2. The Morgan fingerprint density at radius 3 is 2.77 bits per heavy atom. The molecule has 2 aliphatic carbocycles. The molecule has 1 aromatic carbocycles. The van der Waals surface area contributed by atoms with Gasteiger partial charge in [-0.25, -0.2) is 0 Å². The number of hydrogen-bond acceptors (Lipinski definition) is 4. The number of anilines is 1. The molecule has 0 unspecified atom stereocenters. The third-order valence-electron chi connectivity index (χ3n) is 5.65. The average Bonchev–Trinajstić information content (AvgIpc) is 3.40. The lowest BCUT2D eigenvalue weighted by molar-refractivity contribution is -0.139. The van der Waals surface area contributed by atoms with Crippen LogP contribution in [0.4, 0.5) is 5.69 Å². The molecule has 1 aromatic heterocycles. The summed E-state index contributed by atoms with van der Waals surface area (Å²) in [5.41, 5.74) is 3.29. The Labute approximate surface area is 154 Å². The van der Waals surface area contributed by atoms with E-state index in [-0.39, 0.29) is 6.54 Å². The number of pyridine rings is 1. The van der Waals surface area contributed by atoms with Crippen LogP contribution >= 0.6 is 0 Å². The van der Waals surface area contributed by atoms with Gasteiger partial charge in [0.25, 0.3) is 0 Å². The molecule has 0 spiro atoms. The summed E-state index contributed by atoms with van der Waals surface area (Å²) in [6.45, 7) is 3.25. The van der Waals surface area contributed by atoms with Crippen molar-refractivity contribution in [2.24, 2.45) is 5.92 Å². The highest BCUT2D eigenvalue weighted by Crippen LogP contribution is 2.35. The molecule has 26 heavy (non-hydrogen) atoms. The molecule has 1 heterocycles. The number of nitrogens with zero attached hydrogens (tertiary/aromatic N) is 2. The molecule has 2 aliphatic rings. The van der Waals surface area contributed by atoms with Crippen molar-refractivity contribution < 1.29 is 9.90 Å². The Kier molecular flexibility index (Phi) is 4.81. The molecule has 0 amide bonds. The van der Waals surface area contributed by atoms with Crippen LogP contribution in [0.25, 0.3) is 10.9 Å². The molecular weight excluding hydrogens is 326 g/mol. The highest BCUT2D eigenvalue weighted by Gasteiger charge is 2.37. The van der Waals surface area contributed by atoms with Crippen LogP contribution in [0.15, 0.2) is 30.3 Å². The van der Waals surface area contributed by atoms with Gasteiger partial charge in [-0.05, 0) is 50.2 Å². The number of rotatable bonds is 8. The number of aliphatic carboxylic acids is 1. The predicted octanol–water partition coefficient (Wildman–Crippen LogP) is 3.54. The van der Waals surface area contributed by atoms with E-state index >= 15 is 0 Å². The fourth-order valence-corrected chi connectivity index (χ4v) is 3.90. The van der Waals surface area contributed by atoms with Crippen LogP contribution < -0.4 is 5.32 Å². The van der Waals surface area contributed by atoms with Gasteiger partial charge in [0.1, 0.15) is 0 Å². The fraction of sp³-hybridized carbons (Fsp3) is 0.524. The normalized spacial score (nSPS) is 22.4. The van der Waals surface area contributed by atoms with E-state index < -0.39 is 5.97 Å². The largest absolute Gasteiger partial charge is 0.480 e. The molecule has 0 bridgehead atoms. The van der Waals surface area contributed by atoms with Crippen molar-refractivity contribution >= 4 is 22.6 Å². The van der Waals surface area contributed by atoms with E-state index in [0.29, 0.717) is 12.1 Å². The Morgan fingerprint density at radius 2 is 2.08 bits per heavy atom. The maximum Gasteiger partial charge on any atom is 0.317 e. The van der Waals surface area contributed by atoms with Crippen LogP contribution in [0.2, 0.25) is 0 Å². The zero-order valence-electron chi connectivity index (χ0n) is 15.3. The van der Waals surface area contributed by atoms with Crippen molar-refractivity contribution in [2.45, 2.75) is 51.1 Å². The van der Waals surface area contributed by atoms with Crippen molar-refractivity contribution in [1.29, 1.82) is 0 Å². The number of aryl methyl sites for hydroxylation is 1. The number of carboxylic acid groups (broad SMARTS) is 1. The Balaban J connectivity index is 1.43. The van der Waals surface area contributed by atoms with Gasteiger partial charge in [0.05, 0.1) is 12.1 Å². The SMILES string of the molecule is CCc1cc(NC2CC(N(CC(=O)O)CC3CC3)C2)c2ccccc2n1. The predicted molar refractivity (Wildman–Crippen MR) is 103 cm³/mol. The van der Waals surface area contributed by atoms with E-state index in [1.54, 1.807) is 0 Å². The van der Waals surface area contributed by atoms with E-state index in [9.17, 15) is 9.90 Å². The molecule has 5 nitrogen and oxygen atoms in total. The highest BCUT2D eigenvalue weighted by molar-refractivity contribution is 5.91. The molecule has 0 aliphatic heterocycles. The number of carbonyl (C=O) groups is 1. The van der Waals surface area contributed by atoms with Crippen LogP contribution in [-0.2, 0) is 11.2 Å². The molecule has 0 atom stereocenters. The van der Waals surface area contributed by atoms with Gasteiger partial charge in [0.2, 0.25) is 0 Å². The molecule has 138 valence electrons. The van der Waals surface area contributed by atoms with Crippen LogP contribution in [0, 0.1) is 5.92 Å². The third-order valence-corrected chi connectivity index (χ3v) is 5.65. The van der Waals surface area contributed by atoms with Gasteiger partial charge in [0.15, 0.2) is 0 Å². The van der Waals surface area contributed by atoms with Crippen LogP contribution in [-0.4, -0.2) is 46.1 Å². The smallest absolute Gasteiger partial charge is 0.317 e. The van der Waals surface area contributed by atoms with Crippen molar-refractivity contribution in [3.63, 3.8) is 0 Å². The average molecular weight is 353 g/mol. The minimum Gasteiger partial charge on any atom is -0.480 e. The number of carboxylic acids is 1. The molecule has 0 radical (unpaired) electrons. The minimum atomic E-state index is -0.713. The van der Waals surface area contributed by atoms with E-state index in [1.807, 2.05) is 6.07 Å². The maximum absolute atomic E-state index is 11.2. The summed E-state index contributed by atoms with van der Waals surface area (Å²) in [6.07, 6.45) is 5.46. The second-order valence-corrected chi connectivity index (χ2v) is 7.76. The number of fused-ring (bicyclic) bond motifs is 1. The molecule has 2 aromatic rings. The molecule has 4 rings (SSSR count). The Hall–Kier alpha value is -2.14. The monoisotopic (exact) mass is 353 g/mol.